The van der Waals surface area contributed by atoms with Crippen molar-refractivity contribution >= 4 is 28.9 Å². The van der Waals surface area contributed by atoms with Gasteiger partial charge in [-0.1, -0.05) is 0 Å². The molecule has 1 saturated carbocycles. The Morgan fingerprint density at radius 2 is 2.16 bits per heavy atom. The predicted octanol–water partition coefficient (Wildman–Crippen LogP) is 1.90. The van der Waals surface area contributed by atoms with Gasteiger partial charge in [0.05, 0.1) is 17.8 Å². The first kappa shape index (κ1) is 20.9. The van der Waals surface area contributed by atoms with Crippen molar-refractivity contribution in [2.24, 2.45) is 0 Å². The molecule has 1 fully saturated rings. The van der Waals surface area contributed by atoms with E-state index in [0.29, 0.717) is 29.4 Å². The zero-order chi connectivity index (χ0) is 22.3. The largest absolute Gasteiger partial charge is 0.388 e. The van der Waals surface area contributed by atoms with Crippen LogP contribution in [-0.4, -0.2) is 48.9 Å². The Hall–Kier alpha value is -3.40. The summed E-state index contributed by atoms with van der Waals surface area (Å²) in [7, 11) is 1.74. The highest BCUT2D eigenvalue weighted by Crippen LogP contribution is 2.32. The van der Waals surface area contributed by atoms with Crippen molar-refractivity contribution in [1.29, 1.82) is 0 Å². The second-order valence-corrected chi connectivity index (χ2v) is 8.35. The molecule has 3 aromatic rings. The molecular formula is C21H27N7O3. The van der Waals surface area contributed by atoms with Gasteiger partial charge in [-0.15, -0.1) is 0 Å². The van der Waals surface area contributed by atoms with E-state index >= 15 is 0 Å². The van der Waals surface area contributed by atoms with Crippen molar-refractivity contribution in [3.63, 3.8) is 0 Å². The van der Waals surface area contributed by atoms with Gasteiger partial charge in [0, 0.05) is 25.4 Å². The zero-order valence-electron chi connectivity index (χ0n) is 18.0. The summed E-state index contributed by atoms with van der Waals surface area (Å²) < 4.78 is 3.15. The highest BCUT2D eigenvalue weighted by Gasteiger charge is 2.42. The molecule has 4 rings (SSSR count). The van der Waals surface area contributed by atoms with E-state index in [0.717, 1.165) is 6.42 Å². The maximum Gasteiger partial charge on any atom is 0.274 e. The maximum atomic E-state index is 12.8. The summed E-state index contributed by atoms with van der Waals surface area (Å²) in [6, 6.07) is 4.91. The van der Waals surface area contributed by atoms with Crippen molar-refractivity contribution in [3.8, 4) is 0 Å². The summed E-state index contributed by atoms with van der Waals surface area (Å²) in [4.78, 5) is 30.1. The van der Waals surface area contributed by atoms with E-state index < -0.39 is 5.60 Å². The first-order valence-electron chi connectivity index (χ1n) is 10.3. The minimum absolute atomic E-state index is 0.0198. The van der Waals surface area contributed by atoms with E-state index in [9.17, 15) is 14.7 Å². The number of rotatable bonds is 6. The Kier molecular flexibility index (Phi) is 5.18. The van der Waals surface area contributed by atoms with Crippen LogP contribution < -0.4 is 21.5 Å². The first-order chi connectivity index (χ1) is 14.7. The smallest absolute Gasteiger partial charge is 0.274 e. The lowest BCUT2D eigenvalue weighted by molar-refractivity contribution is -0.0486. The molecule has 31 heavy (non-hydrogen) atoms. The SMILES string of the molecule is CNc1cc(Nc2cccn(C(C)C)c2=O)nc2c(C(=O)NC3CCC3(C)O)cnn12. The lowest BCUT2D eigenvalue weighted by atomic mass is 9.76. The molecule has 3 aromatic heterocycles. The molecule has 4 N–H and O–H groups in total. The molecular weight excluding hydrogens is 398 g/mol. The molecule has 1 amide bonds. The van der Waals surface area contributed by atoms with Gasteiger partial charge >= 0.3 is 0 Å². The van der Waals surface area contributed by atoms with Crippen LogP contribution in [0.5, 0.6) is 0 Å². The summed E-state index contributed by atoms with van der Waals surface area (Å²) in [5.74, 6) is 0.650. The molecule has 10 heteroatoms. The van der Waals surface area contributed by atoms with E-state index in [1.165, 1.54) is 10.7 Å². The van der Waals surface area contributed by atoms with Crippen LogP contribution in [0.4, 0.5) is 17.3 Å². The zero-order valence-corrected chi connectivity index (χ0v) is 18.0. The number of carbonyl (C=O) groups excluding carboxylic acids is 1. The normalized spacial score (nSPS) is 20.5. The van der Waals surface area contributed by atoms with E-state index in [1.807, 2.05) is 13.8 Å². The number of pyridine rings is 1. The van der Waals surface area contributed by atoms with Gasteiger partial charge in [-0.25, -0.2) is 4.98 Å². The standard InChI is InChI=1S/C21H27N7O3/c1-12(2)27-9-5-6-14(20(27)30)24-16-10-17(22-4)28-18(26-16)13(11-23-28)19(29)25-15-7-8-21(15,3)31/h5-6,9-12,15,22,31H,7-8H2,1-4H3,(H,24,26)(H,25,29). The first-order valence-corrected chi connectivity index (χ1v) is 10.3. The quantitative estimate of drug-likeness (QED) is 0.475. The summed E-state index contributed by atoms with van der Waals surface area (Å²) in [6.07, 6.45) is 4.55. The average Bonchev–Trinajstić information content (AvgIpc) is 3.16. The average molecular weight is 425 g/mol. The van der Waals surface area contributed by atoms with Crippen LogP contribution in [0.25, 0.3) is 5.65 Å². The second kappa shape index (κ2) is 7.69. The summed E-state index contributed by atoms with van der Waals surface area (Å²) in [5.41, 5.74) is -0.0603. The number of aliphatic hydroxyl groups is 1. The molecule has 1 aliphatic carbocycles. The molecule has 0 spiro atoms. The lowest BCUT2D eigenvalue weighted by Crippen LogP contribution is -2.58. The minimum Gasteiger partial charge on any atom is -0.388 e. The number of aromatic nitrogens is 4. The number of amides is 1. The number of nitrogens with one attached hydrogen (secondary N) is 3. The lowest BCUT2D eigenvalue weighted by Gasteiger charge is -2.42. The third-order valence-electron chi connectivity index (χ3n) is 5.76. The molecule has 2 unspecified atom stereocenters. The van der Waals surface area contributed by atoms with Gasteiger partial charge in [-0.3, -0.25) is 9.59 Å². The fraction of sp³-hybridized carbons (Fsp3) is 0.429. The van der Waals surface area contributed by atoms with Crippen LogP contribution in [0.2, 0.25) is 0 Å². The van der Waals surface area contributed by atoms with Crippen LogP contribution in [-0.2, 0) is 0 Å². The number of hydrogen-bond acceptors (Lipinski definition) is 7. The van der Waals surface area contributed by atoms with Crippen molar-refractivity contribution in [3.05, 3.63) is 46.5 Å². The van der Waals surface area contributed by atoms with Crippen LogP contribution in [0.15, 0.2) is 35.4 Å². The van der Waals surface area contributed by atoms with Crippen molar-refractivity contribution in [2.45, 2.75) is 51.3 Å². The number of carbonyl (C=O) groups is 1. The van der Waals surface area contributed by atoms with Gasteiger partial charge in [0.25, 0.3) is 11.5 Å². The Balaban J connectivity index is 1.70. The Bertz CT molecular complexity index is 1200. The van der Waals surface area contributed by atoms with Crippen LogP contribution in [0, 0.1) is 0 Å². The van der Waals surface area contributed by atoms with Gasteiger partial charge in [-0.05, 0) is 45.7 Å². The molecule has 3 heterocycles. The Morgan fingerprint density at radius 3 is 2.77 bits per heavy atom. The molecule has 0 bridgehead atoms. The van der Waals surface area contributed by atoms with Gasteiger partial charge in [-0.2, -0.15) is 9.61 Å². The highest BCUT2D eigenvalue weighted by atomic mass is 16.3. The van der Waals surface area contributed by atoms with E-state index in [4.69, 9.17) is 0 Å². The summed E-state index contributed by atoms with van der Waals surface area (Å²) in [6.45, 7) is 5.58. The highest BCUT2D eigenvalue weighted by molar-refractivity contribution is 6.00. The van der Waals surface area contributed by atoms with Gasteiger partial charge in [0.1, 0.15) is 22.9 Å². The molecule has 1 aliphatic rings. The number of anilines is 3. The fourth-order valence-corrected chi connectivity index (χ4v) is 3.69. The topological polar surface area (TPSA) is 126 Å². The maximum absolute atomic E-state index is 12.8. The monoisotopic (exact) mass is 425 g/mol. The fourth-order valence-electron chi connectivity index (χ4n) is 3.69. The predicted molar refractivity (Wildman–Crippen MR) is 118 cm³/mol. The molecule has 0 radical (unpaired) electrons. The van der Waals surface area contributed by atoms with Crippen molar-refractivity contribution in [1.82, 2.24) is 24.5 Å². The minimum atomic E-state index is -0.904. The van der Waals surface area contributed by atoms with E-state index in [1.54, 1.807) is 42.9 Å². The van der Waals surface area contributed by atoms with Crippen molar-refractivity contribution in [2.75, 3.05) is 17.7 Å². The molecule has 164 valence electrons. The van der Waals surface area contributed by atoms with Crippen molar-refractivity contribution < 1.29 is 9.90 Å². The summed E-state index contributed by atoms with van der Waals surface area (Å²) >= 11 is 0. The van der Waals surface area contributed by atoms with Crippen LogP contribution in [0.3, 0.4) is 0 Å². The molecule has 0 aromatic carbocycles. The molecule has 2 atom stereocenters. The third-order valence-corrected chi connectivity index (χ3v) is 5.76. The Morgan fingerprint density at radius 1 is 1.39 bits per heavy atom. The van der Waals surface area contributed by atoms with E-state index in [-0.39, 0.29) is 29.1 Å². The summed E-state index contributed by atoms with van der Waals surface area (Å²) in [5, 5.41) is 23.4. The van der Waals surface area contributed by atoms with Gasteiger partial charge < -0.3 is 25.6 Å². The molecule has 0 aliphatic heterocycles. The van der Waals surface area contributed by atoms with Crippen LogP contribution in [0.1, 0.15) is 50.0 Å². The Labute approximate surface area is 179 Å². The molecule has 10 nitrogen and oxygen atoms in total. The number of fused-ring (bicyclic) bond motifs is 1. The van der Waals surface area contributed by atoms with E-state index in [2.05, 4.69) is 26.0 Å². The van der Waals surface area contributed by atoms with Crippen LogP contribution >= 0.6 is 0 Å². The number of hydrogen-bond donors (Lipinski definition) is 4. The number of nitrogens with zero attached hydrogens (tertiary/aromatic N) is 4. The second-order valence-electron chi connectivity index (χ2n) is 8.35. The third kappa shape index (κ3) is 3.74. The molecule has 0 saturated heterocycles. The van der Waals surface area contributed by atoms with Gasteiger partial charge in [0.15, 0.2) is 5.65 Å². The van der Waals surface area contributed by atoms with Gasteiger partial charge in [0.2, 0.25) is 0 Å².